The highest BCUT2D eigenvalue weighted by Gasteiger charge is 2.38. The van der Waals surface area contributed by atoms with Gasteiger partial charge in [-0.05, 0) is 117 Å². The Morgan fingerprint density at radius 3 is 1.70 bits per heavy atom. The first-order valence-corrected chi connectivity index (χ1v) is 19.6. The SMILES string of the molecule is CC1(C)c2ccccc2-c2ccc3c(oc4cc(-c5cccc(-c6c7ccccc7c(-c7ccc8ccccc8c7)c7ccccc67)c5)c5ccccc5c43)c21. The van der Waals surface area contributed by atoms with Crippen molar-refractivity contribution >= 4 is 65.0 Å². The van der Waals surface area contributed by atoms with Gasteiger partial charge in [0.1, 0.15) is 11.2 Å². The molecule has 262 valence electrons. The summed E-state index contributed by atoms with van der Waals surface area (Å²) in [5.41, 5.74) is 14.3. The number of rotatable bonds is 3. The lowest BCUT2D eigenvalue weighted by Gasteiger charge is -2.21. The molecule has 0 aliphatic heterocycles. The van der Waals surface area contributed by atoms with Crippen LogP contribution in [0, 0.1) is 0 Å². The smallest absolute Gasteiger partial charge is 0.140 e. The van der Waals surface area contributed by atoms with E-state index in [2.05, 4.69) is 196 Å². The van der Waals surface area contributed by atoms with Crippen molar-refractivity contribution in [3.63, 3.8) is 0 Å². The molecule has 0 bridgehead atoms. The Labute approximate surface area is 325 Å². The lowest BCUT2D eigenvalue weighted by atomic mass is 9.81. The van der Waals surface area contributed by atoms with Crippen molar-refractivity contribution in [2.24, 2.45) is 0 Å². The van der Waals surface area contributed by atoms with Crippen molar-refractivity contribution in [1.82, 2.24) is 0 Å². The van der Waals surface area contributed by atoms with Crippen molar-refractivity contribution in [2.45, 2.75) is 19.3 Å². The van der Waals surface area contributed by atoms with E-state index in [-0.39, 0.29) is 5.41 Å². The van der Waals surface area contributed by atoms with Gasteiger partial charge in [0, 0.05) is 21.8 Å². The summed E-state index contributed by atoms with van der Waals surface area (Å²) >= 11 is 0. The molecule has 12 rings (SSSR count). The van der Waals surface area contributed by atoms with Gasteiger partial charge >= 0.3 is 0 Å². The van der Waals surface area contributed by atoms with Gasteiger partial charge in [0.25, 0.3) is 0 Å². The van der Waals surface area contributed by atoms with Gasteiger partial charge in [-0.3, -0.25) is 0 Å². The topological polar surface area (TPSA) is 13.1 Å². The minimum absolute atomic E-state index is 0.165. The number of hydrogen-bond donors (Lipinski definition) is 0. The van der Waals surface area contributed by atoms with E-state index in [0.717, 1.165) is 11.2 Å². The van der Waals surface area contributed by atoms with E-state index >= 15 is 0 Å². The summed E-state index contributed by atoms with van der Waals surface area (Å²) in [6, 6.07) is 67.1. The zero-order valence-electron chi connectivity index (χ0n) is 31.2. The summed E-state index contributed by atoms with van der Waals surface area (Å²) in [4.78, 5) is 0. The lowest BCUT2D eigenvalue weighted by molar-refractivity contribution is 0.620. The number of hydrogen-bond acceptors (Lipinski definition) is 1. The summed E-state index contributed by atoms with van der Waals surface area (Å²) in [5, 5.41) is 12.3. The predicted molar refractivity (Wildman–Crippen MR) is 238 cm³/mol. The minimum Gasteiger partial charge on any atom is -0.456 e. The Hall–Kier alpha value is -6.96. The van der Waals surface area contributed by atoms with Gasteiger partial charge in [0.2, 0.25) is 0 Å². The fourth-order valence-corrected chi connectivity index (χ4v) is 10.1. The average Bonchev–Trinajstić information content (AvgIpc) is 3.74. The van der Waals surface area contributed by atoms with E-state index in [9.17, 15) is 0 Å². The first-order chi connectivity index (χ1) is 27.5. The molecule has 1 nitrogen and oxygen atoms in total. The Morgan fingerprint density at radius 1 is 0.375 bits per heavy atom. The summed E-state index contributed by atoms with van der Waals surface area (Å²) < 4.78 is 7.04. The van der Waals surface area contributed by atoms with Crippen LogP contribution in [-0.2, 0) is 5.41 Å². The molecule has 1 aliphatic rings. The molecule has 56 heavy (non-hydrogen) atoms. The maximum Gasteiger partial charge on any atom is 0.140 e. The molecular formula is C55H36O. The molecule has 0 spiro atoms. The number of fused-ring (bicyclic) bond motifs is 12. The number of furan rings is 1. The Morgan fingerprint density at radius 2 is 0.964 bits per heavy atom. The zero-order valence-corrected chi connectivity index (χ0v) is 31.2. The van der Waals surface area contributed by atoms with Crippen LogP contribution in [0.5, 0.6) is 0 Å². The quantitative estimate of drug-likeness (QED) is 0.166. The van der Waals surface area contributed by atoms with Crippen LogP contribution in [0.2, 0.25) is 0 Å². The van der Waals surface area contributed by atoms with Gasteiger partial charge in [-0.15, -0.1) is 0 Å². The summed E-state index contributed by atoms with van der Waals surface area (Å²) in [7, 11) is 0. The van der Waals surface area contributed by atoms with E-state index in [1.807, 2.05) is 0 Å². The first kappa shape index (κ1) is 31.4. The second-order valence-electron chi connectivity index (χ2n) is 16.0. The van der Waals surface area contributed by atoms with Crippen LogP contribution in [0.3, 0.4) is 0 Å². The summed E-state index contributed by atoms with van der Waals surface area (Å²) in [6.07, 6.45) is 0. The molecule has 0 fully saturated rings. The molecule has 10 aromatic carbocycles. The predicted octanol–water partition coefficient (Wildman–Crippen LogP) is 15.5. The lowest BCUT2D eigenvalue weighted by Crippen LogP contribution is -2.15. The van der Waals surface area contributed by atoms with Crippen LogP contribution < -0.4 is 0 Å². The molecule has 0 unspecified atom stereocenters. The van der Waals surface area contributed by atoms with Crippen molar-refractivity contribution in [3.05, 3.63) is 193 Å². The van der Waals surface area contributed by atoms with Gasteiger partial charge in [0.05, 0.1) is 0 Å². The van der Waals surface area contributed by atoms with Crippen molar-refractivity contribution < 1.29 is 4.42 Å². The molecule has 1 aliphatic carbocycles. The summed E-state index contributed by atoms with van der Waals surface area (Å²) in [5.74, 6) is 0. The molecule has 0 amide bonds. The molecule has 0 saturated heterocycles. The van der Waals surface area contributed by atoms with Gasteiger partial charge < -0.3 is 4.42 Å². The van der Waals surface area contributed by atoms with Crippen molar-refractivity contribution in [1.29, 1.82) is 0 Å². The molecule has 1 heteroatoms. The summed E-state index contributed by atoms with van der Waals surface area (Å²) in [6.45, 7) is 4.67. The monoisotopic (exact) mass is 712 g/mol. The number of benzene rings is 10. The average molecular weight is 713 g/mol. The van der Waals surface area contributed by atoms with Gasteiger partial charge in [0.15, 0.2) is 0 Å². The van der Waals surface area contributed by atoms with Gasteiger partial charge in [-0.2, -0.15) is 0 Å². The van der Waals surface area contributed by atoms with Crippen LogP contribution in [0.25, 0.3) is 110 Å². The maximum atomic E-state index is 7.04. The highest BCUT2D eigenvalue weighted by atomic mass is 16.3. The standard InChI is InChI=1S/C55H36O/c1-55(2)48-25-12-11-19-39(48)45-28-29-46-52-40-20-6-5-18-38(40)47(32-49(52)56-54(46)53(45)55)35-16-13-17-36(31-35)50-41-21-7-9-23-43(41)51(44-24-10-8-22-42(44)50)37-27-26-33-14-3-4-15-34(33)30-37/h3-32H,1-2H3. The van der Waals surface area contributed by atoms with Crippen LogP contribution in [-0.4, -0.2) is 0 Å². The molecule has 0 saturated carbocycles. The van der Waals surface area contributed by atoms with Crippen LogP contribution in [0.1, 0.15) is 25.0 Å². The maximum absolute atomic E-state index is 7.04. The fourth-order valence-electron chi connectivity index (χ4n) is 10.1. The molecule has 1 heterocycles. The largest absolute Gasteiger partial charge is 0.456 e. The molecule has 0 atom stereocenters. The van der Waals surface area contributed by atoms with Crippen LogP contribution in [0.4, 0.5) is 0 Å². The van der Waals surface area contributed by atoms with Crippen LogP contribution >= 0.6 is 0 Å². The van der Waals surface area contributed by atoms with Crippen molar-refractivity contribution in [3.8, 4) is 44.5 Å². The normalized spacial score (nSPS) is 13.3. The highest BCUT2D eigenvalue weighted by Crippen LogP contribution is 2.53. The molecule has 0 N–H and O–H groups in total. The van der Waals surface area contributed by atoms with E-state index in [1.54, 1.807) is 0 Å². The van der Waals surface area contributed by atoms with Crippen LogP contribution in [0.15, 0.2) is 186 Å². The second-order valence-corrected chi connectivity index (χ2v) is 16.0. The minimum atomic E-state index is -0.165. The molecule has 11 aromatic rings. The van der Waals surface area contributed by atoms with E-state index in [1.165, 1.54) is 109 Å². The Bertz CT molecular complexity index is 3390. The second kappa shape index (κ2) is 11.5. The van der Waals surface area contributed by atoms with E-state index in [0.29, 0.717) is 0 Å². The van der Waals surface area contributed by atoms with Gasteiger partial charge in [-0.1, -0.05) is 172 Å². The zero-order chi connectivity index (χ0) is 37.1. The van der Waals surface area contributed by atoms with Crippen molar-refractivity contribution in [2.75, 3.05) is 0 Å². The highest BCUT2D eigenvalue weighted by molar-refractivity contribution is 6.24. The van der Waals surface area contributed by atoms with Gasteiger partial charge in [-0.25, -0.2) is 0 Å². The third-order valence-corrected chi connectivity index (χ3v) is 12.6. The van der Waals surface area contributed by atoms with E-state index in [4.69, 9.17) is 4.42 Å². The molecular weight excluding hydrogens is 677 g/mol. The van der Waals surface area contributed by atoms with E-state index < -0.39 is 0 Å². The molecule has 1 aromatic heterocycles. The fraction of sp³-hybridized carbons (Fsp3) is 0.0545. The first-order valence-electron chi connectivity index (χ1n) is 19.6. The Balaban J connectivity index is 1.09. The third kappa shape index (κ3) is 4.31. The Kier molecular flexibility index (Phi) is 6.46. The molecule has 0 radical (unpaired) electrons. The third-order valence-electron chi connectivity index (χ3n) is 12.6.